The van der Waals surface area contributed by atoms with E-state index in [0.29, 0.717) is 11.7 Å². The Morgan fingerprint density at radius 2 is 1.79 bits per heavy atom. The van der Waals surface area contributed by atoms with Crippen molar-refractivity contribution in [3.05, 3.63) is 41.2 Å². The van der Waals surface area contributed by atoms with E-state index in [1.165, 1.54) is 23.3 Å². The molecule has 0 spiro atoms. The molecule has 0 saturated heterocycles. The Kier molecular flexibility index (Phi) is 3.19. The van der Waals surface area contributed by atoms with Crippen LogP contribution in [0.15, 0.2) is 34.2 Å². The van der Waals surface area contributed by atoms with Gasteiger partial charge in [-0.25, -0.2) is 9.97 Å². The van der Waals surface area contributed by atoms with Gasteiger partial charge in [0.1, 0.15) is 16.7 Å². The van der Waals surface area contributed by atoms with Gasteiger partial charge in [-0.3, -0.25) is 0 Å². The van der Waals surface area contributed by atoms with E-state index in [2.05, 4.69) is 41.2 Å². The minimum atomic E-state index is 0.528. The highest BCUT2D eigenvalue weighted by atomic mass is 32.2. The number of hydrogen-bond donors (Lipinski definition) is 1. The van der Waals surface area contributed by atoms with E-state index in [9.17, 15) is 0 Å². The SMILES string of the molecule is Cc1ccc(Sc2nc(C3CC3)nc(N)c2C)cc1. The van der Waals surface area contributed by atoms with Gasteiger partial charge in [-0.15, -0.1) is 0 Å². The number of nitrogen functional groups attached to an aromatic ring is 1. The zero-order valence-electron chi connectivity index (χ0n) is 11.2. The molecule has 2 N–H and O–H groups in total. The topological polar surface area (TPSA) is 51.8 Å². The largest absolute Gasteiger partial charge is 0.383 e. The van der Waals surface area contributed by atoms with Crippen molar-refractivity contribution in [2.45, 2.75) is 42.5 Å². The number of aryl methyl sites for hydroxylation is 1. The van der Waals surface area contributed by atoms with E-state index in [1.54, 1.807) is 11.8 Å². The molecule has 1 aromatic heterocycles. The summed E-state index contributed by atoms with van der Waals surface area (Å²) in [7, 11) is 0. The van der Waals surface area contributed by atoms with E-state index < -0.39 is 0 Å². The Hall–Kier alpha value is -1.55. The third kappa shape index (κ3) is 2.73. The molecule has 0 radical (unpaired) electrons. The summed E-state index contributed by atoms with van der Waals surface area (Å²) in [6, 6.07) is 8.47. The van der Waals surface area contributed by atoms with Crippen LogP contribution in [0.25, 0.3) is 0 Å². The van der Waals surface area contributed by atoms with Crippen molar-refractivity contribution < 1.29 is 0 Å². The van der Waals surface area contributed by atoms with Gasteiger partial charge in [0.2, 0.25) is 0 Å². The first kappa shape index (κ1) is 12.5. The van der Waals surface area contributed by atoms with Crippen molar-refractivity contribution in [2.75, 3.05) is 5.73 Å². The highest BCUT2D eigenvalue weighted by Crippen LogP contribution is 2.40. The number of benzene rings is 1. The van der Waals surface area contributed by atoms with Gasteiger partial charge in [0, 0.05) is 16.4 Å². The maximum Gasteiger partial charge on any atom is 0.135 e. The first-order chi connectivity index (χ1) is 9.13. The molecule has 0 atom stereocenters. The lowest BCUT2D eigenvalue weighted by molar-refractivity contribution is 0.868. The zero-order chi connectivity index (χ0) is 13.4. The lowest BCUT2D eigenvalue weighted by Gasteiger charge is -2.09. The monoisotopic (exact) mass is 271 g/mol. The number of hydrogen-bond acceptors (Lipinski definition) is 4. The van der Waals surface area contributed by atoms with E-state index in [-0.39, 0.29) is 0 Å². The third-order valence-corrected chi connectivity index (χ3v) is 4.43. The summed E-state index contributed by atoms with van der Waals surface area (Å²) < 4.78 is 0. The lowest BCUT2D eigenvalue weighted by Crippen LogP contribution is -2.03. The van der Waals surface area contributed by atoms with E-state index in [1.807, 2.05) is 6.92 Å². The van der Waals surface area contributed by atoms with Gasteiger partial charge in [0.25, 0.3) is 0 Å². The molecule has 1 fully saturated rings. The van der Waals surface area contributed by atoms with Gasteiger partial charge in [-0.05, 0) is 38.8 Å². The average molecular weight is 271 g/mol. The predicted molar refractivity (Wildman–Crippen MR) is 78.5 cm³/mol. The number of anilines is 1. The fourth-order valence-corrected chi connectivity index (χ4v) is 2.76. The van der Waals surface area contributed by atoms with Gasteiger partial charge < -0.3 is 5.73 Å². The number of nitrogens with two attached hydrogens (primary N) is 1. The van der Waals surface area contributed by atoms with Crippen LogP contribution in [0.5, 0.6) is 0 Å². The van der Waals surface area contributed by atoms with Gasteiger partial charge in [0.15, 0.2) is 0 Å². The molecular weight excluding hydrogens is 254 g/mol. The van der Waals surface area contributed by atoms with Gasteiger partial charge in [-0.2, -0.15) is 0 Å². The molecule has 1 saturated carbocycles. The molecule has 1 aliphatic rings. The standard InChI is InChI=1S/C15H17N3S/c1-9-3-7-12(8-4-9)19-15-10(2)13(16)17-14(18-15)11-5-6-11/h3-4,7-8,11H,5-6H2,1-2H3,(H2,16,17,18). The summed E-state index contributed by atoms with van der Waals surface area (Å²) >= 11 is 1.67. The van der Waals surface area contributed by atoms with Crippen LogP contribution in [0.4, 0.5) is 5.82 Å². The molecule has 3 nitrogen and oxygen atoms in total. The van der Waals surface area contributed by atoms with Crippen molar-refractivity contribution in [3.63, 3.8) is 0 Å². The third-order valence-electron chi connectivity index (χ3n) is 3.33. The van der Waals surface area contributed by atoms with Crippen LogP contribution in [0.2, 0.25) is 0 Å². The van der Waals surface area contributed by atoms with Crippen LogP contribution in [-0.2, 0) is 0 Å². The Morgan fingerprint density at radius 3 is 2.42 bits per heavy atom. The minimum absolute atomic E-state index is 0.528. The number of aromatic nitrogens is 2. The van der Waals surface area contributed by atoms with Crippen LogP contribution >= 0.6 is 11.8 Å². The summed E-state index contributed by atoms with van der Waals surface area (Å²) in [5.74, 6) is 2.06. The van der Waals surface area contributed by atoms with Crippen LogP contribution in [0.1, 0.15) is 35.7 Å². The average Bonchev–Trinajstić information content (AvgIpc) is 3.21. The molecule has 1 heterocycles. The zero-order valence-corrected chi connectivity index (χ0v) is 12.0. The van der Waals surface area contributed by atoms with E-state index in [4.69, 9.17) is 5.73 Å². The molecule has 98 valence electrons. The maximum absolute atomic E-state index is 6.00. The van der Waals surface area contributed by atoms with Crippen LogP contribution < -0.4 is 5.73 Å². The lowest BCUT2D eigenvalue weighted by atomic mass is 10.2. The molecule has 0 aliphatic heterocycles. The highest BCUT2D eigenvalue weighted by molar-refractivity contribution is 7.99. The quantitative estimate of drug-likeness (QED) is 0.865. The molecule has 1 aliphatic carbocycles. The summed E-state index contributed by atoms with van der Waals surface area (Å²) in [5.41, 5.74) is 8.25. The fourth-order valence-electron chi connectivity index (χ4n) is 1.87. The van der Waals surface area contributed by atoms with Crippen molar-refractivity contribution >= 4 is 17.6 Å². The molecular formula is C15H17N3S. The Balaban J connectivity index is 1.92. The molecule has 4 heteroatoms. The van der Waals surface area contributed by atoms with Crippen molar-refractivity contribution in [2.24, 2.45) is 0 Å². The second-order valence-electron chi connectivity index (χ2n) is 5.09. The molecule has 1 aromatic carbocycles. The summed E-state index contributed by atoms with van der Waals surface area (Å²) in [4.78, 5) is 10.3. The molecule has 0 bridgehead atoms. The van der Waals surface area contributed by atoms with Crippen molar-refractivity contribution in [1.82, 2.24) is 9.97 Å². The van der Waals surface area contributed by atoms with Crippen LogP contribution in [0, 0.1) is 13.8 Å². The van der Waals surface area contributed by atoms with Gasteiger partial charge in [-0.1, -0.05) is 29.5 Å². The molecule has 2 aromatic rings. The fraction of sp³-hybridized carbons (Fsp3) is 0.333. The highest BCUT2D eigenvalue weighted by Gasteiger charge is 2.28. The van der Waals surface area contributed by atoms with Crippen molar-refractivity contribution in [1.29, 1.82) is 0 Å². The minimum Gasteiger partial charge on any atom is -0.383 e. The van der Waals surface area contributed by atoms with E-state index >= 15 is 0 Å². The Labute approximate surface area is 117 Å². The molecule has 19 heavy (non-hydrogen) atoms. The summed E-state index contributed by atoms with van der Waals surface area (Å²) in [5, 5.41) is 0.984. The first-order valence-corrected chi connectivity index (χ1v) is 7.33. The number of rotatable bonds is 3. The van der Waals surface area contributed by atoms with Crippen molar-refractivity contribution in [3.8, 4) is 0 Å². The predicted octanol–water partition coefficient (Wildman–Crippen LogP) is 3.70. The van der Waals surface area contributed by atoms with Crippen LogP contribution in [0.3, 0.4) is 0 Å². The summed E-state index contributed by atoms with van der Waals surface area (Å²) in [6.07, 6.45) is 2.38. The molecule has 0 unspecified atom stereocenters. The molecule has 3 rings (SSSR count). The van der Waals surface area contributed by atoms with Crippen LogP contribution in [-0.4, -0.2) is 9.97 Å². The van der Waals surface area contributed by atoms with Gasteiger partial charge >= 0.3 is 0 Å². The second-order valence-corrected chi connectivity index (χ2v) is 6.15. The Bertz CT molecular complexity index is 604. The summed E-state index contributed by atoms with van der Waals surface area (Å²) in [6.45, 7) is 4.08. The Morgan fingerprint density at radius 1 is 1.11 bits per heavy atom. The second kappa shape index (κ2) is 4.85. The first-order valence-electron chi connectivity index (χ1n) is 6.52. The van der Waals surface area contributed by atoms with Gasteiger partial charge in [0.05, 0.1) is 0 Å². The van der Waals surface area contributed by atoms with E-state index in [0.717, 1.165) is 16.4 Å². The maximum atomic E-state index is 6.00. The smallest absolute Gasteiger partial charge is 0.135 e. The number of nitrogens with zero attached hydrogens (tertiary/aromatic N) is 2. The normalized spacial score (nSPS) is 14.6. The molecule has 0 amide bonds.